The molecule has 0 aliphatic carbocycles. The van der Waals surface area contributed by atoms with E-state index >= 15 is 0 Å². The zero-order valence-electron chi connectivity index (χ0n) is 9.44. The lowest BCUT2D eigenvalue weighted by atomic mass is 10.1. The Kier molecular flexibility index (Phi) is 3.37. The van der Waals surface area contributed by atoms with Crippen LogP contribution in [0.5, 0.6) is 0 Å². The van der Waals surface area contributed by atoms with Crippen molar-refractivity contribution in [2.45, 2.75) is 13.3 Å². The van der Waals surface area contributed by atoms with Gasteiger partial charge >= 0.3 is 0 Å². The molecule has 1 aliphatic rings. The van der Waals surface area contributed by atoms with E-state index < -0.39 is 5.91 Å². The van der Waals surface area contributed by atoms with Gasteiger partial charge in [0.25, 0.3) is 0 Å². The van der Waals surface area contributed by atoms with Crippen LogP contribution in [0.4, 0.5) is 5.69 Å². The van der Waals surface area contributed by atoms with Crippen LogP contribution in [0.2, 0.25) is 0 Å². The number of hydrogen-bond acceptors (Lipinski definition) is 2. The van der Waals surface area contributed by atoms with Crippen LogP contribution in [0.3, 0.4) is 0 Å². The maximum Gasteiger partial charge on any atom is 0.227 e. The average molecular weight is 344 g/mol. The molecule has 0 spiro atoms. The number of aryl methyl sites for hydroxylation is 1. The number of nitrogens with zero attached hydrogens (tertiary/aromatic N) is 1. The normalized spacial score (nSPS) is 19.8. The maximum atomic E-state index is 11.9. The predicted octanol–water partition coefficient (Wildman–Crippen LogP) is 1.44. The first-order valence-electron chi connectivity index (χ1n) is 5.35. The number of primary amides is 1. The van der Waals surface area contributed by atoms with Gasteiger partial charge in [-0.15, -0.1) is 0 Å². The Bertz CT molecular complexity index is 487. The van der Waals surface area contributed by atoms with Gasteiger partial charge in [-0.25, -0.2) is 0 Å². The van der Waals surface area contributed by atoms with E-state index in [0.29, 0.717) is 6.54 Å². The summed E-state index contributed by atoms with van der Waals surface area (Å²) in [6.45, 7) is 2.39. The minimum Gasteiger partial charge on any atom is -0.369 e. The molecule has 1 fully saturated rings. The molecule has 2 N–H and O–H groups in total. The molecule has 0 radical (unpaired) electrons. The van der Waals surface area contributed by atoms with E-state index in [1.54, 1.807) is 4.90 Å². The van der Waals surface area contributed by atoms with Crippen molar-refractivity contribution in [3.63, 3.8) is 0 Å². The zero-order valence-corrected chi connectivity index (χ0v) is 11.6. The fourth-order valence-corrected chi connectivity index (χ4v) is 2.62. The first-order valence-corrected chi connectivity index (χ1v) is 6.43. The van der Waals surface area contributed by atoms with Crippen LogP contribution in [0, 0.1) is 16.4 Å². The summed E-state index contributed by atoms with van der Waals surface area (Å²) in [5.74, 6) is -0.792. The highest BCUT2D eigenvalue weighted by Crippen LogP contribution is 2.30. The van der Waals surface area contributed by atoms with Gasteiger partial charge in [-0.1, -0.05) is 12.1 Å². The molecular weight excluding hydrogens is 331 g/mol. The summed E-state index contributed by atoms with van der Waals surface area (Å²) in [5.41, 5.74) is 7.25. The van der Waals surface area contributed by atoms with E-state index in [1.807, 2.05) is 25.1 Å². The van der Waals surface area contributed by atoms with Crippen molar-refractivity contribution in [3.05, 3.63) is 27.3 Å². The number of amides is 2. The average Bonchev–Trinajstić information content (AvgIpc) is 2.65. The molecule has 1 atom stereocenters. The second-order valence-electron chi connectivity index (χ2n) is 4.22. The van der Waals surface area contributed by atoms with Gasteiger partial charge in [0.1, 0.15) is 0 Å². The Labute approximate surface area is 113 Å². The van der Waals surface area contributed by atoms with E-state index in [1.165, 1.54) is 0 Å². The van der Waals surface area contributed by atoms with Gasteiger partial charge in [0.2, 0.25) is 11.8 Å². The fraction of sp³-hybridized carbons (Fsp3) is 0.333. The SMILES string of the molecule is Cc1cccc(N2CC(C(N)=O)CC2=O)c1I. The second-order valence-corrected chi connectivity index (χ2v) is 5.29. The summed E-state index contributed by atoms with van der Waals surface area (Å²) < 4.78 is 1.04. The Morgan fingerprint density at radius 3 is 2.82 bits per heavy atom. The fourth-order valence-electron chi connectivity index (χ4n) is 1.97. The van der Waals surface area contributed by atoms with E-state index in [2.05, 4.69) is 22.6 Å². The number of hydrogen-bond donors (Lipinski definition) is 1. The van der Waals surface area contributed by atoms with Crippen LogP contribution in [0.1, 0.15) is 12.0 Å². The van der Waals surface area contributed by atoms with Crippen molar-refractivity contribution in [2.24, 2.45) is 11.7 Å². The third kappa shape index (κ3) is 2.29. The van der Waals surface area contributed by atoms with Crippen LogP contribution >= 0.6 is 22.6 Å². The minimum atomic E-state index is -0.400. The molecule has 2 amide bonds. The molecule has 17 heavy (non-hydrogen) atoms. The first kappa shape index (κ1) is 12.3. The van der Waals surface area contributed by atoms with Crippen molar-refractivity contribution < 1.29 is 9.59 Å². The third-order valence-corrected chi connectivity index (χ3v) is 4.39. The number of nitrogens with two attached hydrogens (primary N) is 1. The lowest BCUT2D eigenvalue weighted by Gasteiger charge is -2.19. The third-order valence-electron chi connectivity index (χ3n) is 2.99. The van der Waals surface area contributed by atoms with Crippen LogP contribution in [-0.2, 0) is 9.59 Å². The number of benzene rings is 1. The molecule has 1 aromatic carbocycles. The van der Waals surface area contributed by atoms with Gasteiger partial charge in [0.15, 0.2) is 0 Å². The maximum absolute atomic E-state index is 11.9. The van der Waals surface area contributed by atoms with Crippen molar-refractivity contribution in [1.29, 1.82) is 0 Å². The van der Waals surface area contributed by atoms with E-state index in [0.717, 1.165) is 14.8 Å². The van der Waals surface area contributed by atoms with Gasteiger partial charge in [-0.3, -0.25) is 9.59 Å². The standard InChI is InChI=1S/C12H13IN2O2/c1-7-3-2-4-9(11(7)13)15-6-8(12(14)17)5-10(15)16/h2-4,8H,5-6H2,1H3,(H2,14,17). The molecule has 4 nitrogen and oxygen atoms in total. The Balaban J connectivity index is 2.32. The summed E-state index contributed by atoms with van der Waals surface area (Å²) in [6, 6.07) is 5.81. The van der Waals surface area contributed by atoms with Crippen LogP contribution < -0.4 is 10.6 Å². The molecule has 1 aromatic rings. The van der Waals surface area contributed by atoms with Gasteiger partial charge in [-0.2, -0.15) is 0 Å². The molecular formula is C12H13IN2O2. The monoisotopic (exact) mass is 344 g/mol. The van der Waals surface area contributed by atoms with E-state index in [-0.39, 0.29) is 18.2 Å². The van der Waals surface area contributed by atoms with E-state index in [9.17, 15) is 9.59 Å². The molecule has 0 bridgehead atoms. The zero-order chi connectivity index (χ0) is 12.6. The highest BCUT2D eigenvalue weighted by Gasteiger charge is 2.34. The summed E-state index contributed by atoms with van der Waals surface area (Å²) in [4.78, 5) is 24.6. The smallest absolute Gasteiger partial charge is 0.227 e. The Hall–Kier alpha value is -1.11. The van der Waals surface area contributed by atoms with Gasteiger partial charge < -0.3 is 10.6 Å². The molecule has 1 unspecified atom stereocenters. The number of carbonyl (C=O) groups is 2. The molecule has 5 heteroatoms. The molecule has 0 aromatic heterocycles. The van der Waals surface area contributed by atoms with Crippen LogP contribution in [-0.4, -0.2) is 18.4 Å². The summed E-state index contributed by atoms with van der Waals surface area (Å²) in [6.07, 6.45) is 0.222. The number of rotatable bonds is 2. The molecule has 0 saturated carbocycles. The molecule has 1 saturated heterocycles. The number of anilines is 1. The molecule has 2 rings (SSSR count). The van der Waals surface area contributed by atoms with Crippen LogP contribution in [0.25, 0.3) is 0 Å². The number of carbonyl (C=O) groups excluding carboxylic acids is 2. The molecule has 90 valence electrons. The highest BCUT2D eigenvalue weighted by atomic mass is 127. The second kappa shape index (κ2) is 4.64. The quantitative estimate of drug-likeness (QED) is 0.826. The summed E-state index contributed by atoms with van der Waals surface area (Å²) >= 11 is 2.22. The Morgan fingerprint density at radius 2 is 2.24 bits per heavy atom. The van der Waals surface area contributed by atoms with Crippen molar-refractivity contribution in [2.75, 3.05) is 11.4 Å². The topological polar surface area (TPSA) is 63.4 Å². The molecule has 1 heterocycles. The largest absolute Gasteiger partial charge is 0.369 e. The molecule has 1 aliphatic heterocycles. The van der Waals surface area contributed by atoms with Crippen LogP contribution in [0.15, 0.2) is 18.2 Å². The lowest BCUT2D eigenvalue weighted by Crippen LogP contribution is -2.29. The van der Waals surface area contributed by atoms with Crippen molar-refractivity contribution >= 4 is 40.1 Å². The lowest BCUT2D eigenvalue weighted by molar-refractivity contribution is -0.123. The minimum absolute atomic E-state index is 0.0303. The Morgan fingerprint density at radius 1 is 1.53 bits per heavy atom. The van der Waals surface area contributed by atoms with E-state index in [4.69, 9.17) is 5.73 Å². The number of halogens is 1. The first-order chi connectivity index (χ1) is 8.00. The predicted molar refractivity (Wildman–Crippen MR) is 73.6 cm³/mol. The van der Waals surface area contributed by atoms with Gasteiger partial charge in [0.05, 0.1) is 11.6 Å². The van der Waals surface area contributed by atoms with Gasteiger partial charge in [-0.05, 0) is 41.1 Å². The summed E-state index contributed by atoms with van der Waals surface area (Å²) in [5, 5.41) is 0. The van der Waals surface area contributed by atoms with Crippen molar-refractivity contribution in [3.8, 4) is 0 Å². The summed E-state index contributed by atoms with van der Waals surface area (Å²) in [7, 11) is 0. The highest BCUT2D eigenvalue weighted by molar-refractivity contribution is 14.1. The van der Waals surface area contributed by atoms with Gasteiger partial charge in [0, 0.05) is 16.5 Å². The van der Waals surface area contributed by atoms with Crippen molar-refractivity contribution in [1.82, 2.24) is 0 Å².